The number of hydrogen-bond donors (Lipinski definition) is 1. The molecule has 5 heteroatoms. The SMILES string of the molecule is Fc1ccc(Cl)c(C2(NC[C@H]3COCCO3)CC2)c1. The highest BCUT2D eigenvalue weighted by atomic mass is 35.5. The first-order valence-electron chi connectivity index (χ1n) is 6.59. The Balaban J connectivity index is 1.67. The summed E-state index contributed by atoms with van der Waals surface area (Å²) in [5, 5.41) is 4.09. The van der Waals surface area contributed by atoms with Crippen molar-refractivity contribution in [2.75, 3.05) is 26.4 Å². The second kappa shape index (κ2) is 5.37. The molecule has 1 saturated heterocycles. The van der Waals surface area contributed by atoms with Gasteiger partial charge in [0.2, 0.25) is 0 Å². The van der Waals surface area contributed by atoms with Crippen molar-refractivity contribution in [2.24, 2.45) is 0 Å². The van der Waals surface area contributed by atoms with Gasteiger partial charge in [-0.05, 0) is 36.6 Å². The van der Waals surface area contributed by atoms with E-state index in [2.05, 4.69) is 5.32 Å². The van der Waals surface area contributed by atoms with Gasteiger partial charge in [-0.1, -0.05) is 11.6 Å². The van der Waals surface area contributed by atoms with Gasteiger partial charge in [-0.25, -0.2) is 4.39 Å². The molecule has 0 aromatic heterocycles. The normalized spacial score (nSPS) is 25.3. The predicted octanol–water partition coefficient (Wildman–Crippen LogP) is 2.47. The fraction of sp³-hybridized carbons (Fsp3) is 0.571. The molecule has 104 valence electrons. The van der Waals surface area contributed by atoms with Crippen molar-refractivity contribution in [3.63, 3.8) is 0 Å². The summed E-state index contributed by atoms with van der Waals surface area (Å²) in [6, 6.07) is 4.54. The maximum Gasteiger partial charge on any atom is 0.123 e. The molecule has 2 aliphatic rings. The molecule has 2 fully saturated rings. The molecule has 1 N–H and O–H groups in total. The molecule has 1 atom stereocenters. The molecule has 0 unspecified atom stereocenters. The summed E-state index contributed by atoms with van der Waals surface area (Å²) in [6.07, 6.45) is 2.02. The third-order valence-corrected chi connectivity index (χ3v) is 4.08. The number of hydrogen-bond acceptors (Lipinski definition) is 3. The molecule has 1 aromatic rings. The highest BCUT2D eigenvalue weighted by molar-refractivity contribution is 6.31. The highest BCUT2D eigenvalue weighted by Crippen LogP contribution is 2.48. The van der Waals surface area contributed by atoms with Crippen LogP contribution in [0.15, 0.2) is 18.2 Å². The van der Waals surface area contributed by atoms with Gasteiger partial charge in [0.1, 0.15) is 5.82 Å². The molecule has 0 amide bonds. The molecule has 0 bridgehead atoms. The van der Waals surface area contributed by atoms with E-state index in [0.29, 0.717) is 31.4 Å². The second-order valence-electron chi connectivity index (χ2n) is 5.15. The smallest absolute Gasteiger partial charge is 0.123 e. The summed E-state index contributed by atoms with van der Waals surface area (Å²) in [5.74, 6) is -0.246. The molecule has 1 aliphatic carbocycles. The van der Waals surface area contributed by atoms with Crippen molar-refractivity contribution in [1.82, 2.24) is 5.32 Å². The third-order valence-electron chi connectivity index (χ3n) is 3.75. The lowest BCUT2D eigenvalue weighted by atomic mass is 10.0. The summed E-state index contributed by atoms with van der Waals surface area (Å²) in [7, 11) is 0. The molecule has 1 saturated carbocycles. The van der Waals surface area contributed by atoms with E-state index in [0.717, 1.165) is 18.4 Å². The van der Waals surface area contributed by atoms with E-state index in [9.17, 15) is 4.39 Å². The van der Waals surface area contributed by atoms with Gasteiger partial charge in [-0.15, -0.1) is 0 Å². The Hall–Kier alpha value is -0.680. The fourth-order valence-electron chi connectivity index (χ4n) is 2.49. The Bertz CT molecular complexity index is 459. The zero-order valence-electron chi connectivity index (χ0n) is 10.6. The quantitative estimate of drug-likeness (QED) is 0.922. The van der Waals surface area contributed by atoms with Crippen molar-refractivity contribution < 1.29 is 13.9 Å². The van der Waals surface area contributed by atoms with E-state index in [4.69, 9.17) is 21.1 Å². The summed E-state index contributed by atoms with van der Waals surface area (Å²) in [5.41, 5.74) is 0.672. The molecule has 1 aliphatic heterocycles. The van der Waals surface area contributed by atoms with E-state index >= 15 is 0 Å². The van der Waals surface area contributed by atoms with Crippen molar-refractivity contribution in [2.45, 2.75) is 24.5 Å². The van der Waals surface area contributed by atoms with Crippen LogP contribution in [0.5, 0.6) is 0 Å². The number of benzene rings is 1. The van der Waals surface area contributed by atoms with Crippen molar-refractivity contribution in [1.29, 1.82) is 0 Å². The first-order chi connectivity index (χ1) is 9.20. The minimum Gasteiger partial charge on any atom is -0.376 e. The van der Waals surface area contributed by atoms with Crippen molar-refractivity contribution in [3.05, 3.63) is 34.6 Å². The topological polar surface area (TPSA) is 30.5 Å². The Kier molecular flexibility index (Phi) is 3.76. The van der Waals surface area contributed by atoms with Crippen LogP contribution < -0.4 is 5.32 Å². The van der Waals surface area contributed by atoms with Crippen LogP contribution in [0.4, 0.5) is 4.39 Å². The average Bonchev–Trinajstić information content (AvgIpc) is 3.22. The van der Waals surface area contributed by atoms with Crippen molar-refractivity contribution in [3.8, 4) is 0 Å². The first-order valence-corrected chi connectivity index (χ1v) is 6.97. The number of ether oxygens (including phenoxy) is 2. The zero-order valence-corrected chi connectivity index (χ0v) is 11.4. The molecule has 0 radical (unpaired) electrons. The standard InChI is InChI=1S/C14H17ClFNO2/c15-13-2-1-10(16)7-12(13)14(3-4-14)17-8-11-9-18-5-6-19-11/h1-2,7,11,17H,3-6,8-9H2/t11-/m0/s1. The van der Waals surface area contributed by atoms with E-state index in [-0.39, 0.29) is 17.5 Å². The summed E-state index contributed by atoms with van der Waals surface area (Å²) >= 11 is 6.18. The van der Waals surface area contributed by atoms with Crippen LogP contribution in [0.25, 0.3) is 0 Å². The fourth-order valence-corrected chi connectivity index (χ4v) is 2.79. The first kappa shape index (κ1) is 13.3. The number of nitrogens with one attached hydrogen (secondary N) is 1. The largest absolute Gasteiger partial charge is 0.376 e. The van der Waals surface area contributed by atoms with Gasteiger partial charge in [0, 0.05) is 17.1 Å². The summed E-state index contributed by atoms with van der Waals surface area (Å²) < 4.78 is 24.3. The van der Waals surface area contributed by atoms with Crippen molar-refractivity contribution >= 4 is 11.6 Å². The van der Waals surface area contributed by atoms with E-state index in [1.54, 1.807) is 6.07 Å². The van der Waals surface area contributed by atoms with Crippen LogP contribution >= 0.6 is 11.6 Å². The Morgan fingerprint density at radius 3 is 2.89 bits per heavy atom. The van der Waals surface area contributed by atoms with Gasteiger partial charge in [-0.2, -0.15) is 0 Å². The van der Waals surface area contributed by atoms with Crippen LogP contribution in [0.2, 0.25) is 5.02 Å². The molecule has 3 nitrogen and oxygen atoms in total. The third kappa shape index (κ3) is 2.92. The number of rotatable bonds is 4. The van der Waals surface area contributed by atoms with Gasteiger partial charge in [0.15, 0.2) is 0 Å². The molecule has 1 heterocycles. The minimum absolute atomic E-state index is 0.0681. The zero-order chi connectivity index (χ0) is 13.3. The van der Waals surface area contributed by atoms with Gasteiger partial charge in [-0.3, -0.25) is 0 Å². The maximum atomic E-state index is 13.4. The van der Waals surface area contributed by atoms with E-state index in [1.165, 1.54) is 12.1 Å². The molecule has 19 heavy (non-hydrogen) atoms. The predicted molar refractivity (Wildman–Crippen MR) is 70.9 cm³/mol. The minimum atomic E-state index is -0.246. The maximum absolute atomic E-state index is 13.4. The monoisotopic (exact) mass is 285 g/mol. The van der Waals surface area contributed by atoms with Crippen LogP contribution in [0, 0.1) is 5.82 Å². The molecule has 1 aromatic carbocycles. The summed E-state index contributed by atoms with van der Waals surface area (Å²) in [4.78, 5) is 0. The average molecular weight is 286 g/mol. The lowest BCUT2D eigenvalue weighted by molar-refractivity contribution is -0.0874. The summed E-state index contributed by atoms with van der Waals surface area (Å²) in [6.45, 7) is 2.62. The Morgan fingerprint density at radius 1 is 1.37 bits per heavy atom. The van der Waals surface area contributed by atoms with Gasteiger partial charge in [0.25, 0.3) is 0 Å². The molecular weight excluding hydrogens is 269 g/mol. The Morgan fingerprint density at radius 2 is 2.21 bits per heavy atom. The van der Waals surface area contributed by atoms with Crippen LogP contribution in [0.1, 0.15) is 18.4 Å². The highest BCUT2D eigenvalue weighted by Gasteiger charge is 2.45. The molecule has 3 rings (SSSR count). The Labute approximate surface area is 117 Å². The van der Waals surface area contributed by atoms with Gasteiger partial charge < -0.3 is 14.8 Å². The lowest BCUT2D eigenvalue weighted by Crippen LogP contribution is -2.41. The molecular formula is C14H17ClFNO2. The lowest BCUT2D eigenvalue weighted by Gasteiger charge is -2.26. The second-order valence-corrected chi connectivity index (χ2v) is 5.56. The van der Waals surface area contributed by atoms with Crippen LogP contribution in [-0.2, 0) is 15.0 Å². The van der Waals surface area contributed by atoms with Gasteiger partial charge >= 0.3 is 0 Å². The number of halogens is 2. The van der Waals surface area contributed by atoms with E-state index in [1.807, 2.05) is 0 Å². The van der Waals surface area contributed by atoms with Crippen LogP contribution in [0.3, 0.4) is 0 Å². The van der Waals surface area contributed by atoms with Gasteiger partial charge in [0.05, 0.1) is 25.9 Å². The van der Waals surface area contributed by atoms with Crippen LogP contribution in [-0.4, -0.2) is 32.5 Å². The van der Waals surface area contributed by atoms with E-state index < -0.39 is 0 Å². The molecule has 0 spiro atoms.